The van der Waals surface area contributed by atoms with E-state index in [1.807, 2.05) is 42.6 Å². The molecule has 2 aromatic rings. The van der Waals surface area contributed by atoms with E-state index in [-0.39, 0.29) is 8.78 Å². The van der Waals surface area contributed by atoms with Gasteiger partial charge < -0.3 is 0 Å². The monoisotopic (exact) mass is 335 g/mol. The van der Waals surface area contributed by atoms with Crippen molar-refractivity contribution in [1.82, 2.24) is 4.57 Å². The summed E-state index contributed by atoms with van der Waals surface area (Å²) in [6.45, 7) is 0. The van der Waals surface area contributed by atoms with Crippen LogP contribution in [0.2, 0.25) is 0 Å². The number of halogens is 1. The minimum atomic E-state index is 0.000556. The second-order valence-electron chi connectivity index (χ2n) is 4.43. The fraction of sp³-hybridized carbons (Fsp3) is 0.0833. The van der Waals surface area contributed by atoms with Crippen LogP contribution >= 0.6 is 22.6 Å². The fourth-order valence-electron chi connectivity index (χ4n) is 1.63. The molecule has 0 aliphatic heterocycles. The molecule has 5 heteroatoms. The van der Waals surface area contributed by atoms with Gasteiger partial charge in [0.1, 0.15) is 15.7 Å². The van der Waals surface area contributed by atoms with Crippen LogP contribution in [-0.4, -0.2) is 20.3 Å². The van der Waals surface area contributed by atoms with Gasteiger partial charge in [0.05, 0.1) is 0 Å². The van der Waals surface area contributed by atoms with E-state index in [0.717, 1.165) is 11.3 Å². The van der Waals surface area contributed by atoms with E-state index in [1.165, 1.54) is 0 Å². The summed E-state index contributed by atoms with van der Waals surface area (Å²) in [6.07, 6.45) is 1.92. The molecule has 1 aromatic heterocycles. The van der Waals surface area contributed by atoms with Gasteiger partial charge in [-0.25, -0.2) is 0 Å². The highest BCUT2D eigenvalue weighted by atomic mass is 127. The Hall–Kier alpha value is -0.970. The van der Waals surface area contributed by atoms with Crippen molar-refractivity contribution in [2.75, 3.05) is 0 Å². The van der Waals surface area contributed by atoms with Crippen molar-refractivity contribution in [2.45, 2.75) is 3.22 Å². The summed E-state index contributed by atoms with van der Waals surface area (Å²) in [6, 6.07) is 13.2. The number of para-hydroxylation sites is 1. The molecule has 0 spiro atoms. The number of benzene rings is 1. The molecule has 0 unspecified atom stereocenters. The highest BCUT2D eigenvalue weighted by molar-refractivity contribution is 14.1. The first-order chi connectivity index (χ1) is 7.98. The van der Waals surface area contributed by atoms with Crippen molar-refractivity contribution < 1.29 is 0 Å². The largest absolute Gasteiger partial charge is 0.284 e. The third-order valence-electron chi connectivity index (χ3n) is 2.63. The van der Waals surface area contributed by atoms with Crippen LogP contribution in [0.25, 0.3) is 5.69 Å². The topological polar surface area (TPSA) is 22.0 Å². The highest BCUT2D eigenvalue weighted by Gasteiger charge is 2.17. The minimum Gasteiger partial charge on any atom is -0.284 e. The molecule has 0 N–H and O–H groups in total. The number of pyridine rings is 1. The van der Waals surface area contributed by atoms with Gasteiger partial charge in [0, 0.05) is 18.0 Å². The highest BCUT2D eigenvalue weighted by Crippen LogP contribution is 2.23. The van der Waals surface area contributed by atoms with Gasteiger partial charge in [0.15, 0.2) is 0 Å². The molecule has 17 heavy (non-hydrogen) atoms. The van der Waals surface area contributed by atoms with Crippen LogP contribution < -0.4 is 5.56 Å². The molecule has 0 aliphatic rings. The van der Waals surface area contributed by atoms with E-state index in [9.17, 15) is 4.79 Å². The smallest absolute Gasteiger partial charge is 0.255 e. The molecule has 1 aromatic carbocycles. The van der Waals surface area contributed by atoms with E-state index in [0.29, 0.717) is 0 Å². The SMILES string of the molecule is BC(B)(I)c1ccc(=O)n(-c2ccccc2)c1. The first-order valence-electron chi connectivity index (χ1n) is 5.46. The molecule has 0 amide bonds. The second kappa shape index (κ2) is 4.72. The maximum atomic E-state index is 11.9. The van der Waals surface area contributed by atoms with Gasteiger partial charge in [0.2, 0.25) is 0 Å². The zero-order valence-electron chi connectivity index (χ0n) is 9.85. The number of alkyl halides is 1. The maximum absolute atomic E-state index is 11.9. The Balaban J connectivity index is 2.59. The van der Waals surface area contributed by atoms with E-state index in [1.54, 1.807) is 10.6 Å². The normalized spacial score (nSPS) is 11.4. The zero-order chi connectivity index (χ0) is 12.5. The Labute approximate surface area is 116 Å². The lowest BCUT2D eigenvalue weighted by Gasteiger charge is -2.18. The fourth-order valence-corrected chi connectivity index (χ4v) is 1.95. The van der Waals surface area contributed by atoms with Crippen molar-refractivity contribution in [1.29, 1.82) is 0 Å². The Morgan fingerprint density at radius 2 is 1.71 bits per heavy atom. The molecule has 2 nitrogen and oxygen atoms in total. The van der Waals surface area contributed by atoms with Gasteiger partial charge in [-0.3, -0.25) is 9.36 Å². The van der Waals surface area contributed by atoms with Gasteiger partial charge >= 0.3 is 0 Å². The Morgan fingerprint density at radius 3 is 2.29 bits per heavy atom. The molecular weight excluding hydrogens is 323 g/mol. The summed E-state index contributed by atoms with van der Waals surface area (Å²) in [4.78, 5) is 11.9. The van der Waals surface area contributed by atoms with Crippen LogP contribution in [0.3, 0.4) is 0 Å². The van der Waals surface area contributed by atoms with E-state index in [2.05, 4.69) is 38.3 Å². The van der Waals surface area contributed by atoms with Crippen molar-refractivity contribution in [2.24, 2.45) is 0 Å². The summed E-state index contributed by atoms with van der Waals surface area (Å²) in [7, 11) is 4.26. The van der Waals surface area contributed by atoms with Crippen molar-refractivity contribution in [3.05, 3.63) is 64.6 Å². The molecule has 0 saturated carbocycles. The number of nitrogens with zero attached hydrogens (tertiary/aromatic N) is 1. The Morgan fingerprint density at radius 1 is 1.06 bits per heavy atom. The van der Waals surface area contributed by atoms with Gasteiger partial charge in [0.25, 0.3) is 5.56 Å². The first kappa shape index (κ1) is 12.5. The molecule has 0 saturated heterocycles. The van der Waals surface area contributed by atoms with Gasteiger partial charge in [-0.15, -0.1) is 0 Å². The average molecular weight is 335 g/mol. The molecule has 0 atom stereocenters. The summed E-state index contributed by atoms with van der Waals surface area (Å²) in [5.41, 5.74) is 2.04. The summed E-state index contributed by atoms with van der Waals surface area (Å²) < 4.78 is 1.71. The summed E-state index contributed by atoms with van der Waals surface area (Å²) >= 11 is 2.37. The van der Waals surface area contributed by atoms with Crippen LogP contribution in [0.1, 0.15) is 5.56 Å². The van der Waals surface area contributed by atoms with Gasteiger partial charge in [-0.2, -0.15) is 0 Å². The standard InChI is InChI=1S/C12H12B2INO/c13-12(14,15)9-6-7-11(17)16(8-9)10-4-2-1-3-5-10/h1-8H,13-14H2. The van der Waals surface area contributed by atoms with Crippen LogP contribution in [-0.2, 0) is 3.22 Å². The van der Waals surface area contributed by atoms with E-state index < -0.39 is 0 Å². The van der Waals surface area contributed by atoms with Crippen LogP contribution in [0.4, 0.5) is 0 Å². The minimum absolute atomic E-state index is 0.000556. The Bertz CT molecular complexity index is 575. The molecule has 84 valence electrons. The lowest BCUT2D eigenvalue weighted by atomic mass is 9.67. The quantitative estimate of drug-likeness (QED) is 0.449. The van der Waals surface area contributed by atoms with Crippen LogP contribution in [0.5, 0.6) is 0 Å². The van der Waals surface area contributed by atoms with Crippen molar-refractivity contribution >= 4 is 38.3 Å². The zero-order valence-corrected chi connectivity index (χ0v) is 12.0. The van der Waals surface area contributed by atoms with Crippen molar-refractivity contribution in [3.63, 3.8) is 0 Å². The van der Waals surface area contributed by atoms with Gasteiger partial charge in [-0.05, 0) is 20.9 Å². The van der Waals surface area contributed by atoms with Crippen LogP contribution in [0, 0.1) is 0 Å². The number of hydrogen-bond acceptors (Lipinski definition) is 1. The Kier molecular flexibility index (Phi) is 3.47. The first-order valence-corrected chi connectivity index (χ1v) is 6.54. The number of rotatable bonds is 2. The molecule has 0 bridgehead atoms. The molecule has 0 fully saturated rings. The lowest BCUT2D eigenvalue weighted by Crippen LogP contribution is -2.23. The van der Waals surface area contributed by atoms with Gasteiger partial charge in [-0.1, -0.05) is 46.9 Å². The number of aromatic nitrogens is 1. The average Bonchev–Trinajstić information content (AvgIpc) is 2.29. The lowest BCUT2D eigenvalue weighted by molar-refractivity contribution is 0.967. The summed E-state index contributed by atoms with van der Waals surface area (Å²) in [5.74, 6) is 0. The van der Waals surface area contributed by atoms with E-state index >= 15 is 0 Å². The predicted octanol–water partition coefficient (Wildman–Crippen LogP) is 0.649. The summed E-state index contributed by atoms with van der Waals surface area (Å²) in [5, 5.41) is 0. The van der Waals surface area contributed by atoms with Crippen molar-refractivity contribution in [3.8, 4) is 5.69 Å². The molecular formula is C12H12B2INO. The third-order valence-corrected chi connectivity index (χ3v) is 3.25. The third kappa shape index (κ3) is 2.83. The van der Waals surface area contributed by atoms with Crippen LogP contribution in [0.15, 0.2) is 53.5 Å². The molecule has 1 heterocycles. The maximum Gasteiger partial charge on any atom is 0.255 e. The molecule has 0 aliphatic carbocycles. The molecule has 2 rings (SSSR count). The second-order valence-corrected chi connectivity index (χ2v) is 7.13. The molecule has 0 radical (unpaired) electrons. The van der Waals surface area contributed by atoms with E-state index in [4.69, 9.17) is 0 Å². The predicted molar refractivity (Wildman–Crippen MR) is 84.8 cm³/mol. The number of hydrogen-bond donors (Lipinski definition) is 0.